The van der Waals surface area contributed by atoms with Crippen molar-refractivity contribution in [2.75, 3.05) is 19.0 Å². The summed E-state index contributed by atoms with van der Waals surface area (Å²) in [6.07, 6.45) is 1.04. The first-order chi connectivity index (χ1) is 8.29. The Balaban J connectivity index is 2.12. The third kappa shape index (κ3) is 1.56. The quantitative estimate of drug-likeness (QED) is 0.856. The maximum absolute atomic E-state index is 5.25. The van der Waals surface area contributed by atoms with Gasteiger partial charge in [0.05, 0.1) is 12.8 Å². The van der Waals surface area contributed by atoms with Crippen LogP contribution in [0.15, 0.2) is 24.3 Å². The highest BCUT2D eigenvalue weighted by Gasteiger charge is 2.21. The number of hydrogen-bond donors (Lipinski definition) is 1. The highest BCUT2D eigenvalue weighted by Crippen LogP contribution is 2.33. The molecule has 0 aliphatic carbocycles. The minimum absolute atomic E-state index is 0.868. The Hall–Kier alpha value is -1.97. The SMILES string of the molecule is COc1cccc(-c2nn(C)c3c2CCN3)c1. The molecule has 1 aliphatic heterocycles. The van der Waals surface area contributed by atoms with E-state index >= 15 is 0 Å². The smallest absolute Gasteiger partial charge is 0.127 e. The molecule has 0 atom stereocenters. The van der Waals surface area contributed by atoms with Crippen LogP contribution in [0.25, 0.3) is 11.3 Å². The van der Waals surface area contributed by atoms with Crippen LogP contribution >= 0.6 is 0 Å². The lowest BCUT2D eigenvalue weighted by Crippen LogP contribution is -2.01. The van der Waals surface area contributed by atoms with Crippen LogP contribution in [0.5, 0.6) is 5.75 Å². The lowest BCUT2D eigenvalue weighted by Gasteiger charge is -2.03. The lowest BCUT2D eigenvalue weighted by molar-refractivity contribution is 0.415. The van der Waals surface area contributed by atoms with Gasteiger partial charge in [0.25, 0.3) is 0 Å². The molecule has 0 saturated heterocycles. The minimum Gasteiger partial charge on any atom is -0.497 e. The van der Waals surface area contributed by atoms with Gasteiger partial charge in [0.15, 0.2) is 0 Å². The zero-order chi connectivity index (χ0) is 11.8. The zero-order valence-electron chi connectivity index (χ0n) is 10.0. The number of nitrogens with zero attached hydrogens (tertiary/aromatic N) is 2. The van der Waals surface area contributed by atoms with Crippen LogP contribution in [-0.4, -0.2) is 23.4 Å². The number of anilines is 1. The highest BCUT2D eigenvalue weighted by molar-refractivity contribution is 5.72. The number of aromatic nitrogens is 2. The number of ether oxygens (including phenoxy) is 1. The molecular weight excluding hydrogens is 214 g/mol. The number of hydrogen-bond acceptors (Lipinski definition) is 3. The topological polar surface area (TPSA) is 39.1 Å². The Labute approximate surface area is 100 Å². The molecule has 0 unspecified atom stereocenters. The molecule has 0 fully saturated rings. The van der Waals surface area contributed by atoms with Crippen LogP contribution in [-0.2, 0) is 13.5 Å². The molecule has 1 aromatic carbocycles. The fourth-order valence-electron chi connectivity index (χ4n) is 2.33. The number of fused-ring (bicyclic) bond motifs is 1. The lowest BCUT2D eigenvalue weighted by atomic mass is 10.1. The summed E-state index contributed by atoms with van der Waals surface area (Å²) in [6, 6.07) is 8.05. The van der Waals surface area contributed by atoms with Crippen LogP contribution in [0, 0.1) is 0 Å². The Morgan fingerprint density at radius 3 is 3.12 bits per heavy atom. The van der Waals surface area contributed by atoms with Gasteiger partial charge in [-0.25, -0.2) is 0 Å². The fraction of sp³-hybridized carbons (Fsp3) is 0.308. The first-order valence-electron chi connectivity index (χ1n) is 5.74. The monoisotopic (exact) mass is 229 g/mol. The van der Waals surface area contributed by atoms with Gasteiger partial charge < -0.3 is 10.1 Å². The van der Waals surface area contributed by atoms with E-state index in [9.17, 15) is 0 Å². The molecule has 0 bridgehead atoms. The first-order valence-corrected chi connectivity index (χ1v) is 5.74. The van der Waals surface area contributed by atoms with Gasteiger partial charge in [-0.05, 0) is 18.6 Å². The number of aryl methyl sites for hydroxylation is 1. The third-order valence-corrected chi connectivity index (χ3v) is 3.16. The van der Waals surface area contributed by atoms with Gasteiger partial charge in [-0.1, -0.05) is 12.1 Å². The molecule has 0 radical (unpaired) electrons. The first kappa shape index (κ1) is 10.2. The average molecular weight is 229 g/mol. The normalized spacial score (nSPS) is 13.3. The summed E-state index contributed by atoms with van der Waals surface area (Å²) in [5, 5.41) is 7.93. The zero-order valence-corrected chi connectivity index (χ0v) is 10.0. The van der Waals surface area contributed by atoms with Gasteiger partial charge in [-0.2, -0.15) is 5.10 Å². The van der Waals surface area contributed by atoms with Crippen LogP contribution in [0.3, 0.4) is 0 Å². The second-order valence-electron chi connectivity index (χ2n) is 4.21. The standard InChI is InChI=1S/C13H15N3O/c1-16-13-11(6-7-14-13)12(15-16)9-4-3-5-10(8-9)17-2/h3-5,8,14H,6-7H2,1-2H3. The van der Waals surface area contributed by atoms with Gasteiger partial charge in [0, 0.05) is 24.7 Å². The van der Waals surface area contributed by atoms with E-state index in [0.29, 0.717) is 0 Å². The van der Waals surface area contributed by atoms with Crippen molar-refractivity contribution in [1.29, 1.82) is 0 Å². The summed E-state index contributed by atoms with van der Waals surface area (Å²) in [5.74, 6) is 2.01. The van der Waals surface area contributed by atoms with Crippen molar-refractivity contribution in [2.24, 2.45) is 7.05 Å². The summed E-state index contributed by atoms with van der Waals surface area (Å²) in [4.78, 5) is 0. The molecule has 1 aromatic heterocycles. The molecule has 4 nitrogen and oxygen atoms in total. The number of nitrogens with one attached hydrogen (secondary N) is 1. The van der Waals surface area contributed by atoms with Crippen molar-refractivity contribution in [2.45, 2.75) is 6.42 Å². The van der Waals surface area contributed by atoms with Gasteiger partial charge in [0.1, 0.15) is 11.6 Å². The predicted molar refractivity (Wildman–Crippen MR) is 67.4 cm³/mol. The number of methoxy groups -OCH3 is 1. The molecule has 2 heterocycles. The largest absolute Gasteiger partial charge is 0.497 e. The average Bonchev–Trinajstić information content (AvgIpc) is 2.94. The van der Waals surface area contributed by atoms with E-state index in [1.807, 2.05) is 29.9 Å². The highest BCUT2D eigenvalue weighted by atomic mass is 16.5. The molecule has 1 aliphatic rings. The van der Waals surface area contributed by atoms with Crippen LogP contribution in [0.2, 0.25) is 0 Å². The fourth-order valence-corrected chi connectivity index (χ4v) is 2.33. The maximum Gasteiger partial charge on any atom is 0.127 e. The Morgan fingerprint density at radius 2 is 2.29 bits per heavy atom. The van der Waals surface area contributed by atoms with Crippen LogP contribution in [0.4, 0.5) is 5.82 Å². The van der Waals surface area contributed by atoms with Gasteiger partial charge in [-0.15, -0.1) is 0 Å². The van der Waals surface area contributed by atoms with E-state index < -0.39 is 0 Å². The molecular formula is C13H15N3O. The Morgan fingerprint density at radius 1 is 1.41 bits per heavy atom. The van der Waals surface area contributed by atoms with Crippen LogP contribution in [0.1, 0.15) is 5.56 Å². The van der Waals surface area contributed by atoms with E-state index in [0.717, 1.165) is 35.8 Å². The molecule has 0 saturated carbocycles. The Bertz CT molecular complexity index is 560. The maximum atomic E-state index is 5.25. The summed E-state index contributed by atoms with van der Waals surface area (Å²) in [6.45, 7) is 0.998. The van der Waals surface area contributed by atoms with Crippen molar-refractivity contribution >= 4 is 5.82 Å². The molecule has 0 spiro atoms. The van der Waals surface area contributed by atoms with Crippen molar-refractivity contribution in [3.05, 3.63) is 29.8 Å². The van der Waals surface area contributed by atoms with Crippen molar-refractivity contribution in [3.63, 3.8) is 0 Å². The molecule has 4 heteroatoms. The Kier molecular flexibility index (Phi) is 2.28. The summed E-state index contributed by atoms with van der Waals surface area (Å²) in [7, 11) is 3.66. The second kappa shape index (κ2) is 3.80. The third-order valence-electron chi connectivity index (χ3n) is 3.16. The van der Waals surface area contributed by atoms with E-state index in [1.54, 1.807) is 7.11 Å². The van der Waals surface area contributed by atoms with Crippen molar-refractivity contribution in [1.82, 2.24) is 9.78 Å². The summed E-state index contributed by atoms with van der Waals surface area (Å²) < 4.78 is 7.17. The summed E-state index contributed by atoms with van der Waals surface area (Å²) >= 11 is 0. The molecule has 2 aromatic rings. The molecule has 3 rings (SSSR count). The second-order valence-corrected chi connectivity index (χ2v) is 4.21. The van der Waals surface area contributed by atoms with E-state index in [2.05, 4.69) is 16.5 Å². The van der Waals surface area contributed by atoms with Gasteiger partial charge in [0.2, 0.25) is 0 Å². The molecule has 88 valence electrons. The van der Waals surface area contributed by atoms with E-state index in [4.69, 9.17) is 4.74 Å². The van der Waals surface area contributed by atoms with Gasteiger partial charge >= 0.3 is 0 Å². The van der Waals surface area contributed by atoms with Gasteiger partial charge in [-0.3, -0.25) is 4.68 Å². The molecule has 0 amide bonds. The van der Waals surface area contributed by atoms with Crippen molar-refractivity contribution < 1.29 is 4.74 Å². The summed E-state index contributed by atoms with van der Waals surface area (Å²) in [5.41, 5.74) is 3.48. The molecule has 1 N–H and O–H groups in total. The van der Waals surface area contributed by atoms with E-state index in [1.165, 1.54) is 5.56 Å². The van der Waals surface area contributed by atoms with Crippen molar-refractivity contribution in [3.8, 4) is 17.0 Å². The molecule has 17 heavy (non-hydrogen) atoms. The van der Waals surface area contributed by atoms with E-state index in [-0.39, 0.29) is 0 Å². The number of benzene rings is 1. The van der Waals surface area contributed by atoms with Crippen LogP contribution < -0.4 is 10.1 Å². The predicted octanol–water partition coefficient (Wildman–Crippen LogP) is 2.06. The minimum atomic E-state index is 0.868. The number of rotatable bonds is 2.